The van der Waals surface area contributed by atoms with Gasteiger partial charge in [-0.25, -0.2) is 18.0 Å². The number of nitrogens with zero attached hydrogens (tertiary/aromatic N) is 7. The van der Waals surface area contributed by atoms with Gasteiger partial charge in [0, 0.05) is 42.8 Å². The summed E-state index contributed by atoms with van der Waals surface area (Å²) < 4.78 is 57.3. The third-order valence-electron chi connectivity index (χ3n) is 10.3. The monoisotopic (exact) mass is 721 g/mol. The highest BCUT2D eigenvalue weighted by atomic mass is 35.5. The minimum atomic E-state index is -0.770. The largest absolute Gasteiger partial charge is 0.461 e. The number of piperazine rings is 1. The van der Waals surface area contributed by atoms with E-state index in [9.17, 15) is 18.8 Å². The number of alkyl halides is 1. The Hall–Kier alpha value is -4.41. The number of nitriles is 1. The van der Waals surface area contributed by atoms with Crippen LogP contribution in [0, 0.1) is 23.0 Å². The summed E-state index contributed by atoms with van der Waals surface area (Å²) in [5, 5.41) is 10.8. The summed E-state index contributed by atoms with van der Waals surface area (Å²) in [6, 6.07) is 9.33. The lowest BCUT2D eigenvalue weighted by Crippen LogP contribution is -2.56. The molecule has 3 aliphatic heterocycles. The van der Waals surface area contributed by atoms with Crippen LogP contribution in [0.2, 0.25) is 5.02 Å². The number of benzene rings is 2. The number of carbonyl (C=O) groups excluding carboxylic acids is 1. The number of rotatable bonds is 7. The van der Waals surface area contributed by atoms with E-state index in [1.807, 2.05) is 4.90 Å². The van der Waals surface area contributed by atoms with Crippen molar-refractivity contribution >= 4 is 45.2 Å². The van der Waals surface area contributed by atoms with Gasteiger partial charge in [-0.05, 0) is 64.5 Å². The third-order valence-corrected chi connectivity index (χ3v) is 10.6. The molecule has 0 bridgehead atoms. The van der Waals surface area contributed by atoms with Crippen molar-refractivity contribution in [2.75, 3.05) is 44.4 Å². The fourth-order valence-electron chi connectivity index (χ4n) is 7.89. The van der Waals surface area contributed by atoms with E-state index in [-0.39, 0.29) is 59.9 Å². The molecule has 3 saturated heterocycles. The van der Waals surface area contributed by atoms with Gasteiger partial charge in [-0.15, -0.1) is 0 Å². The van der Waals surface area contributed by atoms with E-state index in [1.165, 1.54) is 12.3 Å². The molecule has 0 N–H and O–H groups in total. The Balaban J connectivity index is 1.31. The lowest BCUT2D eigenvalue weighted by atomic mass is 9.95. The number of aromatic nitrogens is 3. The van der Waals surface area contributed by atoms with E-state index in [4.69, 9.17) is 26.1 Å². The Morgan fingerprint density at radius 1 is 1.12 bits per heavy atom. The number of hydrogen-bond donors (Lipinski definition) is 0. The summed E-state index contributed by atoms with van der Waals surface area (Å²) in [7, 11) is 0. The molecule has 0 radical (unpaired) electrons. The molecular formula is C37H39ClF3N7O3. The number of anilines is 1. The zero-order valence-corrected chi connectivity index (χ0v) is 29.5. The van der Waals surface area contributed by atoms with Crippen LogP contribution in [-0.4, -0.2) is 93.5 Å². The smallest absolute Gasteiger partial charge is 0.410 e. The van der Waals surface area contributed by atoms with E-state index in [0.29, 0.717) is 34.1 Å². The van der Waals surface area contributed by atoms with Crippen LogP contribution in [-0.2, 0) is 4.74 Å². The normalized spacial score (nSPS) is 22.4. The first-order chi connectivity index (χ1) is 24.4. The van der Waals surface area contributed by atoms with Crippen LogP contribution in [0.4, 0.5) is 23.8 Å². The van der Waals surface area contributed by atoms with Crippen molar-refractivity contribution < 1.29 is 27.4 Å². The van der Waals surface area contributed by atoms with Crippen molar-refractivity contribution in [1.29, 1.82) is 5.26 Å². The number of carbonyl (C=O) groups is 1. The molecule has 0 saturated carbocycles. The van der Waals surface area contributed by atoms with E-state index in [2.05, 4.69) is 20.9 Å². The minimum Gasteiger partial charge on any atom is -0.461 e. The van der Waals surface area contributed by atoms with Gasteiger partial charge in [0.2, 0.25) is 0 Å². The molecule has 10 nitrogen and oxygen atoms in total. The average Bonchev–Trinajstić information content (AvgIpc) is 3.67. The standard InChI is InChI=1S/C37H39ClF3N7O3/c1-36(2,3)51-35(49)47-17-16-46(20-24(47)11-14-42)33-26-19-43-31(25-7-4-6-22-8-9-27(40)29(38)28(22)25)30(41)32(26)44-34(45-33)50-21-37-12-5-15-48(37)23(18-39)10-13-37/h4,6-9,19,23-24H,5,10-13,15-18,20-21H2,1-3H3/t23?,24-,37?/m0/s1. The van der Waals surface area contributed by atoms with Crippen LogP contribution in [0.25, 0.3) is 32.9 Å². The third kappa shape index (κ3) is 6.48. The molecular weight excluding hydrogens is 683 g/mol. The van der Waals surface area contributed by atoms with Gasteiger partial charge in [-0.3, -0.25) is 9.88 Å². The zero-order valence-electron chi connectivity index (χ0n) is 28.8. The van der Waals surface area contributed by atoms with Crippen molar-refractivity contribution in [2.24, 2.45) is 0 Å². The van der Waals surface area contributed by atoms with Crippen molar-refractivity contribution in [1.82, 2.24) is 24.8 Å². The van der Waals surface area contributed by atoms with Gasteiger partial charge in [0.05, 0.1) is 34.5 Å². The number of halogens is 4. The summed E-state index contributed by atoms with van der Waals surface area (Å²) >= 11 is 6.42. The second kappa shape index (κ2) is 13.6. The average molecular weight is 722 g/mol. The van der Waals surface area contributed by atoms with Crippen LogP contribution in [0.5, 0.6) is 6.01 Å². The minimum absolute atomic E-state index is 0.0331. The molecule has 2 aromatic carbocycles. The van der Waals surface area contributed by atoms with Gasteiger partial charge in [0.1, 0.15) is 41.7 Å². The van der Waals surface area contributed by atoms with Gasteiger partial charge < -0.3 is 19.3 Å². The lowest BCUT2D eigenvalue weighted by molar-refractivity contribution is 0.0145. The van der Waals surface area contributed by atoms with Crippen LogP contribution in [0.3, 0.4) is 0 Å². The summed E-state index contributed by atoms with van der Waals surface area (Å²) in [6.07, 6.45) is 4.24. The Labute approximate surface area is 299 Å². The second-order valence-electron chi connectivity index (χ2n) is 14.6. The molecule has 3 aliphatic rings. The van der Waals surface area contributed by atoms with Crippen molar-refractivity contribution in [3.05, 3.63) is 53.2 Å². The van der Waals surface area contributed by atoms with E-state index in [1.54, 1.807) is 49.9 Å². The van der Waals surface area contributed by atoms with Crippen molar-refractivity contribution in [3.8, 4) is 23.3 Å². The molecule has 7 rings (SSSR count). The SMILES string of the molecule is CC(C)(C)OC(=O)N1CCN(c2nc(OCC34CCCN3C(CF)CC4)nc3c(F)c(-c4cccc5ccc(F)c(Cl)c45)ncc23)C[C@@H]1CC#N. The van der Waals surface area contributed by atoms with Gasteiger partial charge >= 0.3 is 12.1 Å². The summed E-state index contributed by atoms with van der Waals surface area (Å²) in [5.74, 6) is -1.08. The molecule has 0 spiro atoms. The van der Waals surface area contributed by atoms with Gasteiger partial charge in [-0.1, -0.05) is 35.9 Å². The van der Waals surface area contributed by atoms with E-state index >= 15 is 4.39 Å². The van der Waals surface area contributed by atoms with Crippen LogP contribution >= 0.6 is 11.6 Å². The molecule has 268 valence electrons. The van der Waals surface area contributed by atoms with Crippen molar-refractivity contribution in [2.45, 2.75) is 76.1 Å². The maximum Gasteiger partial charge on any atom is 0.410 e. The Morgan fingerprint density at radius 3 is 2.71 bits per heavy atom. The Bertz CT molecular complexity index is 2040. The summed E-state index contributed by atoms with van der Waals surface area (Å²) in [4.78, 5) is 32.6. The fourth-order valence-corrected chi connectivity index (χ4v) is 8.16. The molecule has 0 aliphatic carbocycles. The Morgan fingerprint density at radius 2 is 1.94 bits per heavy atom. The zero-order chi connectivity index (χ0) is 36.1. The molecule has 14 heteroatoms. The first-order valence-electron chi connectivity index (χ1n) is 17.2. The quantitative estimate of drug-likeness (QED) is 0.192. The molecule has 5 heterocycles. The van der Waals surface area contributed by atoms with Gasteiger partial charge in [-0.2, -0.15) is 15.2 Å². The van der Waals surface area contributed by atoms with Crippen LogP contribution in [0.1, 0.15) is 52.9 Å². The molecule has 2 unspecified atom stereocenters. The number of pyridine rings is 1. The predicted octanol–water partition coefficient (Wildman–Crippen LogP) is 7.46. The summed E-state index contributed by atoms with van der Waals surface area (Å²) in [6.45, 7) is 6.61. The topological polar surface area (TPSA) is 108 Å². The highest BCUT2D eigenvalue weighted by molar-refractivity contribution is 6.36. The fraction of sp³-hybridized carbons (Fsp3) is 0.486. The number of ether oxygens (including phenoxy) is 2. The maximum atomic E-state index is 16.9. The first-order valence-corrected chi connectivity index (χ1v) is 17.6. The molecule has 3 atom stereocenters. The highest BCUT2D eigenvalue weighted by Gasteiger charge is 2.50. The van der Waals surface area contributed by atoms with E-state index < -0.39 is 36.0 Å². The van der Waals surface area contributed by atoms with E-state index in [0.717, 1.165) is 32.2 Å². The number of hydrogen-bond acceptors (Lipinski definition) is 9. The lowest BCUT2D eigenvalue weighted by Gasteiger charge is -2.41. The molecule has 1 amide bonds. The number of fused-ring (bicyclic) bond motifs is 3. The maximum absolute atomic E-state index is 16.9. The molecule has 3 fully saturated rings. The molecule has 2 aromatic heterocycles. The van der Waals surface area contributed by atoms with Crippen molar-refractivity contribution in [3.63, 3.8) is 0 Å². The van der Waals surface area contributed by atoms with Gasteiger partial charge in [0.25, 0.3) is 0 Å². The van der Waals surface area contributed by atoms with Gasteiger partial charge in [0.15, 0.2) is 5.82 Å². The van der Waals surface area contributed by atoms with Crippen LogP contribution in [0.15, 0.2) is 36.5 Å². The number of amides is 1. The van der Waals surface area contributed by atoms with Crippen LogP contribution < -0.4 is 9.64 Å². The Kier molecular flexibility index (Phi) is 9.35. The second-order valence-corrected chi connectivity index (χ2v) is 14.9. The summed E-state index contributed by atoms with van der Waals surface area (Å²) in [5.41, 5.74) is -0.930. The first kappa shape index (κ1) is 35.0. The predicted molar refractivity (Wildman–Crippen MR) is 188 cm³/mol. The molecule has 4 aromatic rings. The highest BCUT2D eigenvalue weighted by Crippen LogP contribution is 2.43. The molecule has 51 heavy (non-hydrogen) atoms.